The zero-order valence-electron chi connectivity index (χ0n) is 5.55. The van der Waals surface area contributed by atoms with Crippen LogP contribution in [-0.2, 0) is 0 Å². The molecule has 0 heterocycles. The average molecular weight is 299 g/mol. The minimum Gasteiger partial charge on any atom is -0.258 e. The van der Waals surface area contributed by atoms with Gasteiger partial charge in [-0.2, -0.15) is 4.39 Å². The van der Waals surface area contributed by atoms with Crippen molar-refractivity contribution in [3.05, 3.63) is 37.0 Å². The lowest BCUT2D eigenvalue weighted by atomic mass is 10.3. The van der Waals surface area contributed by atoms with E-state index in [0.29, 0.717) is 4.47 Å². The van der Waals surface area contributed by atoms with Crippen molar-refractivity contribution in [2.45, 2.75) is 0 Å². The fraction of sp³-hybridized carbons (Fsp3) is 0. The van der Waals surface area contributed by atoms with Gasteiger partial charge >= 0.3 is 5.69 Å². The van der Waals surface area contributed by atoms with Gasteiger partial charge in [-0.15, -0.1) is 0 Å². The summed E-state index contributed by atoms with van der Waals surface area (Å²) < 4.78 is 13.5. The minimum atomic E-state index is -0.866. The summed E-state index contributed by atoms with van der Waals surface area (Å²) in [5.74, 6) is -0.866. The van der Waals surface area contributed by atoms with E-state index in [4.69, 9.17) is 0 Å². The highest BCUT2D eigenvalue weighted by Gasteiger charge is 2.17. The molecule has 0 atom stereocenters. The van der Waals surface area contributed by atoms with E-state index in [0.717, 1.165) is 6.07 Å². The van der Waals surface area contributed by atoms with Crippen molar-refractivity contribution in [3.8, 4) is 0 Å². The average Bonchev–Trinajstić information content (AvgIpc) is 2.00. The predicted octanol–water partition coefficient (Wildman–Crippen LogP) is 3.26. The number of halogens is 3. The van der Waals surface area contributed by atoms with Crippen LogP contribution >= 0.6 is 31.9 Å². The molecule has 0 fully saturated rings. The van der Waals surface area contributed by atoms with E-state index in [-0.39, 0.29) is 4.47 Å². The van der Waals surface area contributed by atoms with Crippen LogP contribution in [0.15, 0.2) is 21.1 Å². The maximum absolute atomic E-state index is 13.0. The first-order chi connectivity index (χ1) is 5.54. The number of hydrogen-bond donors (Lipinski definition) is 0. The van der Waals surface area contributed by atoms with E-state index in [9.17, 15) is 14.5 Å². The molecule has 0 aromatic heterocycles. The van der Waals surface area contributed by atoms with Crippen molar-refractivity contribution in [3.63, 3.8) is 0 Å². The quantitative estimate of drug-likeness (QED) is 0.454. The monoisotopic (exact) mass is 297 g/mol. The van der Waals surface area contributed by atoms with Crippen LogP contribution in [-0.4, -0.2) is 4.92 Å². The number of rotatable bonds is 1. The molecule has 0 aliphatic carbocycles. The third-order valence-corrected chi connectivity index (χ3v) is 3.18. The molecule has 3 nitrogen and oxygen atoms in total. The van der Waals surface area contributed by atoms with Crippen LogP contribution in [0, 0.1) is 15.9 Å². The van der Waals surface area contributed by atoms with Crippen LogP contribution in [0.25, 0.3) is 0 Å². The molecule has 0 bridgehead atoms. The van der Waals surface area contributed by atoms with Crippen LogP contribution in [0.2, 0.25) is 0 Å². The lowest BCUT2D eigenvalue weighted by Gasteiger charge is -1.97. The standard InChI is InChI=1S/C6H2Br2FNO2/c7-3-1-2-4(10(11)12)6(9)5(3)8/h1-2H. The molecule has 64 valence electrons. The fourth-order valence-electron chi connectivity index (χ4n) is 0.657. The van der Waals surface area contributed by atoms with Crippen molar-refractivity contribution in [1.82, 2.24) is 0 Å². The van der Waals surface area contributed by atoms with Gasteiger partial charge in [0.15, 0.2) is 0 Å². The van der Waals surface area contributed by atoms with E-state index < -0.39 is 16.4 Å². The Hall–Kier alpha value is -0.490. The Labute approximate surface area is 84.0 Å². The summed E-state index contributed by atoms with van der Waals surface area (Å²) in [6.07, 6.45) is 0. The largest absolute Gasteiger partial charge is 0.306 e. The van der Waals surface area contributed by atoms with Gasteiger partial charge in [0.2, 0.25) is 5.82 Å². The SMILES string of the molecule is O=[N+]([O-])c1ccc(Br)c(Br)c1F. The second kappa shape index (κ2) is 3.49. The summed E-state index contributed by atoms with van der Waals surface area (Å²) >= 11 is 5.89. The van der Waals surface area contributed by atoms with E-state index in [1.165, 1.54) is 6.07 Å². The Morgan fingerprint density at radius 3 is 2.50 bits per heavy atom. The zero-order chi connectivity index (χ0) is 9.30. The van der Waals surface area contributed by atoms with Gasteiger partial charge in [-0.3, -0.25) is 10.1 Å². The Balaban J connectivity index is 3.36. The molecule has 0 amide bonds. The topological polar surface area (TPSA) is 43.1 Å². The van der Waals surface area contributed by atoms with E-state index in [2.05, 4.69) is 31.9 Å². The Morgan fingerprint density at radius 2 is 2.00 bits per heavy atom. The van der Waals surface area contributed by atoms with Gasteiger partial charge in [-0.1, -0.05) is 0 Å². The summed E-state index contributed by atoms with van der Waals surface area (Å²) in [7, 11) is 0. The summed E-state index contributed by atoms with van der Waals surface area (Å²) in [4.78, 5) is 9.44. The first-order valence-electron chi connectivity index (χ1n) is 2.82. The summed E-state index contributed by atoms with van der Waals surface area (Å²) in [6, 6.07) is 2.51. The molecule has 0 radical (unpaired) electrons. The maximum Gasteiger partial charge on any atom is 0.306 e. The Bertz CT molecular complexity index is 343. The van der Waals surface area contributed by atoms with Gasteiger partial charge in [0.25, 0.3) is 0 Å². The van der Waals surface area contributed by atoms with Crippen molar-refractivity contribution in [1.29, 1.82) is 0 Å². The molecule has 0 saturated carbocycles. The second-order valence-corrected chi connectivity index (χ2v) is 3.60. The number of hydrogen-bond acceptors (Lipinski definition) is 2. The lowest BCUT2D eigenvalue weighted by Crippen LogP contribution is -1.93. The van der Waals surface area contributed by atoms with Crippen molar-refractivity contribution in [2.75, 3.05) is 0 Å². The van der Waals surface area contributed by atoms with E-state index >= 15 is 0 Å². The molecule has 0 unspecified atom stereocenters. The van der Waals surface area contributed by atoms with Crippen molar-refractivity contribution < 1.29 is 9.31 Å². The maximum atomic E-state index is 13.0. The Morgan fingerprint density at radius 1 is 1.42 bits per heavy atom. The summed E-state index contributed by atoms with van der Waals surface area (Å²) in [5, 5.41) is 10.2. The highest BCUT2D eigenvalue weighted by molar-refractivity contribution is 9.13. The van der Waals surface area contributed by atoms with Crippen LogP contribution in [0.4, 0.5) is 10.1 Å². The summed E-state index contributed by atoms with van der Waals surface area (Å²) in [6.45, 7) is 0. The molecule has 0 spiro atoms. The van der Waals surface area contributed by atoms with E-state index in [1.807, 2.05) is 0 Å². The molecule has 0 aliphatic heterocycles. The molecule has 1 aromatic carbocycles. The van der Waals surface area contributed by atoms with Crippen LogP contribution in [0.3, 0.4) is 0 Å². The minimum absolute atomic E-state index is 0.0664. The van der Waals surface area contributed by atoms with Gasteiger partial charge in [0.05, 0.1) is 9.40 Å². The molecule has 0 aliphatic rings. The van der Waals surface area contributed by atoms with Crippen LogP contribution < -0.4 is 0 Å². The van der Waals surface area contributed by atoms with Gasteiger partial charge < -0.3 is 0 Å². The third kappa shape index (κ3) is 1.64. The highest BCUT2D eigenvalue weighted by atomic mass is 79.9. The predicted molar refractivity (Wildman–Crippen MR) is 48.5 cm³/mol. The van der Waals surface area contributed by atoms with Crippen molar-refractivity contribution >= 4 is 37.5 Å². The fourth-order valence-corrected chi connectivity index (χ4v) is 1.30. The molecular formula is C6H2Br2FNO2. The lowest BCUT2D eigenvalue weighted by molar-refractivity contribution is -0.387. The molecule has 0 saturated heterocycles. The van der Waals surface area contributed by atoms with Gasteiger partial charge in [0, 0.05) is 10.5 Å². The summed E-state index contributed by atoms with van der Waals surface area (Å²) in [5.41, 5.74) is -0.537. The van der Waals surface area contributed by atoms with Gasteiger partial charge in [-0.25, -0.2) is 0 Å². The smallest absolute Gasteiger partial charge is 0.258 e. The second-order valence-electron chi connectivity index (χ2n) is 1.95. The molecule has 1 aromatic rings. The molecule has 12 heavy (non-hydrogen) atoms. The first kappa shape index (κ1) is 9.60. The molecular weight excluding hydrogens is 297 g/mol. The molecule has 0 N–H and O–H groups in total. The van der Waals surface area contributed by atoms with Crippen LogP contribution in [0.1, 0.15) is 0 Å². The number of benzene rings is 1. The highest BCUT2D eigenvalue weighted by Crippen LogP contribution is 2.31. The Kier molecular flexibility index (Phi) is 2.79. The van der Waals surface area contributed by atoms with Gasteiger partial charge in [0.1, 0.15) is 0 Å². The van der Waals surface area contributed by atoms with Crippen molar-refractivity contribution in [2.24, 2.45) is 0 Å². The number of nitro benzene ring substituents is 1. The number of nitro groups is 1. The first-order valence-corrected chi connectivity index (χ1v) is 4.40. The normalized spacial score (nSPS) is 9.92. The van der Waals surface area contributed by atoms with Crippen LogP contribution in [0.5, 0.6) is 0 Å². The molecule has 6 heteroatoms. The number of nitrogens with zero attached hydrogens (tertiary/aromatic N) is 1. The van der Waals surface area contributed by atoms with Gasteiger partial charge in [-0.05, 0) is 37.9 Å². The zero-order valence-corrected chi connectivity index (χ0v) is 8.72. The third-order valence-electron chi connectivity index (χ3n) is 1.21. The molecule has 1 rings (SSSR count). The van der Waals surface area contributed by atoms with E-state index in [1.54, 1.807) is 0 Å².